The fourth-order valence-electron chi connectivity index (χ4n) is 3.24. The van der Waals surface area contributed by atoms with Crippen molar-refractivity contribution in [2.45, 2.75) is 25.8 Å². The summed E-state index contributed by atoms with van der Waals surface area (Å²) < 4.78 is 10.6. The van der Waals surface area contributed by atoms with Gasteiger partial charge >= 0.3 is 0 Å². The Hall–Kier alpha value is -3.67. The zero-order valence-corrected chi connectivity index (χ0v) is 16.6. The van der Waals surface area contributed by atoms with Gasteiger partial charge in [-0.05, 0) is 29.7 Å². The van der Waals surface area contributed by atoms with Gasteiger partial charge in [0.15, 0.2) is 5.76 Å². The number of carbonyl (C=O) groups excluding carboxylic acids is 1. The molecule has 0 aliphatic rings. The van der Waals surface area contributed by atoms with Gasteiger partial charge < -0.3 is 13.8 Å². The van der Waals surface area contributed by atoms with Crippen LogP contribution in [0.25, 0.3) is 11.6 Å². The Morgan fingerprint density at radius 2 is 1.60 bits per heavy atom. The highest BCUT2D eigenvalue weighted by atomic mass is 16.5. The van der Waals surface area contributed by atoms with Crippen LogP contribution in [0.15, 0.2) is 88.0 Å². The summed E-state index contributed by atoms with van der Waals surface area (Å²) in [5.41, 5.74) is 2.32. The molecule has 30 heavy (non-hydrogen) atoms. The lowest BCUT2D eigenvalue weighted by atomic mass is 10.1. The lowest BCUT2D eigenvalue weighted by Crippen LogP contribution is -2.32. The molecule has 4 aromatic rings. The minimum Gasteiger partial charge on any atom is -0.461 e. The molecule has 4 rings (SSSR count). The minimum absolute atomic E-state index is 0.0625. The van der Waals surface area contributed by atoms with Crippen molar-refractivity contribution < 1.29 is 13.7 Å². The zero-order valence-electron chi connectivity index (χ0n) is 16.6. The second kappa shape index (κ2) is 9.69. The molecule has 152 valence electrons. The van der Waals surface area contributed by atoms with Crippen molar-refractivity contribution in [3.8, 4) is 11.6 Å². The molecule has 0 aliphatic carbocycles. The molecule has 2 aromatic heterocycles. The average Bonchev–Trinajstić information content (AvgIpc) is 3.48. The Morgan fingerprint density at radius 1 is 0.867 bits per heavy atom. The maximum atomic E-state index is 13.0. The molecule has 0 aliphatic heterocycles. The number of carbonyl (C=O) groups is 1. The van der Waals surface area contributed by atoms with Crippen molar-refractivity contribution in [2.75, 3.05) is 6.54 Å². The standard InChI is InChI=1S/C24H23N3O3/c28-23(14-13-22-25-24(26-30-22)21-12-7-17-29-21)27(18-20-10-5-2-6-11-20)16-15-19-8-3-1-4-9-19/h1-12,17H,13-16,18H2. The fraction of sp³-hybridized carbons (Fsp3) is 0.208. The van der Waals surface area contributed by atoms with E-state index in [2.05, 4.69) is 22.3 Å². The Balaban J connectivity index is 1.39. The van der Waals surface area contributed by atoms with Crippen LogP contribution in [0.3, 0.4) is 0 Å². The van der Waals surface area contributed by atoms with Crippen LogP contribution in [0.1, 0.15) is 23.4 Å². The van der Waals surface area contributed by atoms with Crippen molar-refractivity contribution >= 4 is 5.91 Å². The largest absolute Gasteiger partial charge is 0.461 e. The molecule has 0 spiro atoms. The van der Waals surface area contributed by atoms with Crippen LogP contribution in [0.4, 0.5) is 0 Å². The highest BCUT2D eigenvalue weighted by Crippen LogP contribution is 2.17. The van der Waals surface area contributed by atoms with Gasteiger partial charge in [0.2, 0.25) is 17.6 Å². The minimum atomic E-state index is 0.0625. The van der Waals surface area contributed by atoms with E-state index in [1.54, 1.807) is 18.4 Å². The van der Waals surface area contributed by atoms with Crippen molar-refractivity contribution in [2.24, 2.45) is 0 Å². The predicted octanol–water partition coefficient (Wildman–Crippen LogP) is 4.53. The molecule has 0 N–H and O–H groups in total. The number of hydrogen-bond acceptors (Lipinski definition) is 5. The second-order valence-electron chi connectivity index (χ2n) is 7.03. The summed E-state index contributed by atoms with van der Waals surface area (Å²) >= 11 is 0. The van der Waals surface area contributed by atoms with Gasteiger partial charge in [-0.25, -0.2) is 0 Å². The normalized spacial score (nSPS) is 10.8. The third kappa shape index (κ3) is 5.23. The van der Waals surface area contributed by atoms with Gasteiger partial charge in [0, 0.05) is 25.9 Å². The van der Waals surface area contributed by atoms with Crippen LogP contribution >= 0.6 is 0 Å². The lowest BCUT2D eigenvalue weighted by Gasteiger charge is -2.23. The SMILES string of the molecule is O=C(CCc1nc(-c2ccco2)no1)N(CCc1ccccc1)Cc1ccccc1. The van der Waals surface area contributed by atoms with Gasteiger partial charge in [-0.2, -0.15) is 4.98 Å². The Labute approximate surface area is 175 Å². The molecule has 0 bridgehead atoms. The Kier molecular flexibility index (Phi) is 6.35. The number of nitrogens with zero attached hydrogens (tertiary/aromatic N) is 3. The molecule has 1 amide bonds. The lowest BCUT2D eigenvalue weighted by molar-refractivity contribution is -0.131. The van der Waals surface area contributed by atoms with Gasteiger partial charge in [-0.15, -0.1) is 0 Å². The third-order valence-corrected chi connectivity index (χ3v) is 4.84. The molecule has 0 unspecified atom stereocenters. The summed E-state index contributed by atoms with van der Waals surface area (Å²) in [4.78, 5) is 19.2. The topological polar surface area (TPSA) is 72.4 Å². The molecule has 0 saturated heterocycles. The molecule has 6 nitrogen and oxygen atoms in total. The highest BCUT2D eigenvalue weighted by Gasteiger charge is 2.17. The fourth-order valence-corrected chi connectivity index (χ4v) is 3.24. The first-order chi connectivity index (χ1) is 14.8. The quantitative estimate of drug-likeness (QED) is 0.412. The smallest absolute Gasteiger partial charge is 0.238 e. The number of furan rings is 1. The monoisotopic (exact) mass is 401 g/mol. The maximum absolute atomic E-state index is 13.0. The summed E-state index contributed by atoms with van der Waals surface area (Å²) in [6, 6.07) is 23.8. The summed E-state index contributed by atoms with van der Waals surface area (Å²) in [5, 5.41) is 3.92. The van der Waals surface area contributed by atoms with Gasteiger partial charge in [0.05, 0.1) is 6.26 Å². The highest BCUT2D eigenvalue weighted by molar-refractivity contribution is 5.76. The number of aromatic nitrogens is 2. The van der Waals surface area contributed by atoms with Crippen LogP contribution < -0.4 is 0 Å². The van der Waals surface area contributed by atoms with Crippen molar-refractivity contribution in [3.63, 3.8) is 0 Å². The van der Waals surface area contributed by atoms with Crippen LogP contribution in [0, 0.1) is 0 Å². The molecule has 0 fully saturated rings. The number of rotatable bonds is 9. The number of amides is 1. The number of hydrogen-bond donors (Lipinski definition) is 0. The second-order valence-corrected chi connectivity index (χ2v) is 7.03. The summed E-state index contributed by atoms with van der Waals surface area (Å²) in [6.07, 6.45) is 3.07. The van der Waals surface area contributed by atoms with Gasteiger partial charge in [-0.1, -0.05) is 65.8 Å². The van der Waals surface area contributed by atoms with Crippen molar-refractivity contribution in [1.82, 2.24) is 15.0 Å². The Bertz CT molecular complexity index is 1040. The van der Waals surface area contributed by atoms with E-state index >= 15 is 0 Å². The molecule has 0 radical (unpaired) electrons. The van der Waals surface area contributed by atoms with Gasteiger partial charge in [0.1, 0.15) is 0 Å². The summed E-state index contributed by atoms with van der Waals surface area (Å²) in [6.45, 7) is 1.23. The zero-order chi connectivity index (χ0) is 20.6. The molecular weight excluding hydrogens is 378 g/mol. The molecular formula is C24H23N3O3. The Morgan fingerprint density at radius 3 is 2.30 bits per heavy atom. The van der Waals surface area contributed by atoms with Gasteiger partial charge in [0.25, 0.3) is 0 Å². The predicted molar refractivity (Wildman–Crippen MR) is 112 cm³/mol. The third-order valence-electron chi connectivity index (χ3n) is 4.84. The van der Waals surface area contributed by atoms with E-state index in [1.165, 1.54) is 5.56 Å². The molecule has 2 aromatic carbocycles. The molecule has 6 heteroatoms. The average molecular weight is 401 g/mol. The molecule has 0 atom stereocenters. The van der Waals surface area contributed by atoms with E-state index in [-0.39, 0.29) is 5.91 Å². The van der Waals surface area contributed by atoms with Crippen LogP contribution in [-0.2, 0) is 24.2 Å². The van der Waals surface area contributed by atoms with Gasteiger partial charge in [-0.3, -0.25) is 4.79 Å². The van der Waals surface area contributed by atoms with E-state index in [1.807, 2.05) is 53.4 Å². The number of aryl methyl sites for hydroxylation is 1. The van der Waals surface area contributed by atoms with E-state index in [9.17, 15) is 4.79 Å². The first-order valence-corrected chi connectivity index (χ1v) is 10.00. The molecule has 0 saturated carbocycles. The summed E-state index contributed by atoms with van der Waals surface area (Å²) in [5.74, 6) is 1.43. The van der Waals surface area contributed by atoms with E-state index < -0.39 is 0 Å². The first kappa shape index (κ1) is 19.6. The summed E-state index contributed by atoms with van der Waals surface area (Å²) in [7, 11) is 0. The van der Waals surface area contributed by atoms with Crippen LogP contribution in [-0.4, -0.2) is 27.5 Å². The van der Waals surface area contributed by atoms with Crippen molar-refractivity contribution in [3.05, 3.63) is 96.1 Å². The molecule has 2 heterocycles. The first-order valence-electron chi connectivity index (χ1n) is 10.00. The van der Waals surface area contributed by atoms with E-state index in [0.717, 1.165) is 12.0 Å². The van der Waals surface area contributed by atoms with Crippen molar-refractivity contribution in [1.29, 1.82) is 0 Å². The van der Waals surface area contributed by atoms with Crippen LogP contribution in [0.2, 0.25) is 0 Å². The van der Waals surface area contributed by atoms with E-state index in [4.69, 9.17) is 8.94 Å². The maximum Gasteiger partial charge on any atom is 0.238 e. The number of benzene rings is 2. The van der Waals surface area contributed by atoms with E-state index in [0.29, 0.717) is 43.4 Å². The van der Waals surface area contributed by atoms with Crippen LogP contribution in [0.5, 0.6) is 0 Å².